The van der Waals surface area contributed by atoms with E-state index in [1.165, 1.54) is 9.80 Å². The highest BCUT2D eigenvalue weighted by Crippen LogP contribution is 2.72. The molecule has 3 fully saturated rings. The molecule has 6 aliphatic rings. The van der Waals surface area contributed by atoms with E-state index in [0.717, 1.165) is 20.1 Å². The van der Waals surface area contributed by atoms with Gasteiger partial charge in [0.25, 0.3) is 0 Å². The van der Waals surface area contributed by atoms with Gasteiger partial charge in [-0.2, -0.15) is 20.6 Å². The fourth-order valence-corrected chi connectivity index (χ4v) is 17.1. The Kier molecular flexibility index (Phi) is 21.2. The number of carbonyl (C=O) groups is 3. The number of nitriles is 1. The van der Waals surface area contributed by atoms with Gasteiger partial charge in [0.1, 0.15) is 35.4 Å². The average Bonchev–Trinajstić information content (AvgIpc) is 1.51. The average molecular weight is 1550 g/mol. The quantitative estimate of drug-likeness (QED) is 0.0598. The Morgan fingerprint density at radius 1 is 0.452 bits per heavy atom. The van der Waals surface area contributed by atoms with Crippen LogP contribution in [0.15, 0.2) is 191 Å². The number of amides is 2. The normalized spacial score (nSPS) is 28.8. The van der Waals surface area contributed by atoms with Crippen LogP contribution in [0.1, 0.15) is 156 Å². The minimum absolute atomic E-state index is 0. The lowest BCUT2D eigenvalue weighted by molar-refractivity contribution is -0.161. The second-order valence-corrected chi connectivity index (χ2v) is 30.0. The van der Waals surface area contributed by atoms with Crippen LogP contribution in [0.5, 0.6) is 17.2 Å². The molecule has 3 saturated carbocycles. The predicted octanol–water partition coefficient (Wildman–Crippen LogP) is 11.7. The number of carboxylic acids is 1. The van der Waals surface area contributed by atoms with Gasteiger partial charge in [-0.05, 0) is 111 Å². The minimum Gasteiger partial charge on any atom is -0.481 e. The lowest BCUT2D eigenvalue weighted by Gasteiger charge is -2.40. The zero-order valence-electron chi connectivity index (χ0n) is 57.1. The molecule has 7 N–H and O–H groups in total. The fourth-order valence-electron chi connectivity index (χ4n) is 16.6. The molecule has 0 unspecified atom stereocenters. The van der Waals surface area contributed by atoms with Crippen LogP contribution in [0.3, 0.4) is 0 Å². The predicted molar refractivity (Wildman–Crippen MR) is 397 cm³/mol. The number of carbonyl (C=O) groups excluding carboxylic acids is 2. The summed E-state index contributed by atoms with van der Waals surface area (Å²) in [6.07, 6.45) is 0.573. The number of hydrogen-bond acceptors (Lipinski definition) is 16. The number of halogens is 2. The Hall–Kier alpha value is -9.03. The van der Waals surface area contributed by atoms with Crippen molar-refractivity contribution < 1.29 is 64.3 Å². The maximum absolute atomic E-state index is 13.5. The molecule has 6 aromatic carbocycles. The molecule has 9 aromatic rings. The monoisotopic (exact) mass is 1540 g/mol. The number of benzene rings is 6. The SMILES string of the molecule is C.C.C.CC(C)n1cc2c(n1)[C@]1(O)[C@H](O)[C@H](C(=O)N(C)C)[C@@H](c3ccccc3)[C@]1(c1ccc(Br)cc1)O2.CC(C)n1cc2c(n1)[C@]1(O)[C@H](O)[C@H](C(=O)N(C)C)[C@@H](c3ccccc3)[C@]1(c1ccc(C#N)cc1)O2.CC(C)n1cc2c(n1)[C@]1(O)[C@H](O)[C@H](C(=O)O)[C@@H](c3ccccc3)[C@]1(c1ccc(Br)cc1)O2. The highest BCUT2D eigenvalue weighted by atomic mass is 79.9. The van der Waals surface area contributed by atoms with E-state index in [2.05, 4.69) is 53.2 Å². The molecular weight excluding hydrogens is 1450 g/mol. The van der Waals surface area contributed by atoms with E-state index in [1.54, 1.807) is 134 Å². The van der Waals surface area contributed by atoms with Crippen LogP contribution in [-0.2, 0) is 48.0 Å². The molecule has 3 aliphatic heterocycles. The summed E-state index contributed by atoms with van der Waals surface area (Å²) in [7, 11) is 6.56. The van der Waals surface area contributed by atoms with Crippen LogP contribution in [0.4, 0.5) is 0 Å². The topological polar surface area (TPSA) is 304 Å². The summed E-state index contributed by atoms with van der Waals surface area (Å²) in [5.74, 6) is -6.27. The van der Waals surface area contributed by atoms with Crippen LogP contribution < -0.4 is 14.2 Å². The highest BCUT2D eigenvalue weighted by Gasteiger charge is 2.82. The zero-order chi connectivity index (χ0) is 72.4. The molecule has 548 valence electrons. The Bertz CT molecular complexity index is 4650. The van der Waals surface area contributed by atoms with E-state index in [4.69, 9.17) is 14.2 Å². The second-order valence-electron chi connectivity index (χ2n) is 28.1. The van der Waals surface area contributed by atoms with Gasteiger partial charge in [-0.15, -0.1) is 0 Å². The Morgan fingerprint density at radius 2 is 0.712 bits per heavy atom. The summed E-state index contributed by atoms with van der Waals surface area (Å²) in [4.78, 5) is 42.4. The number of carboxylic acid groups (broad SMARTS) is 1. The van der Waals surface area contributed by atoms with Crippen LogP contribution in [-0.4, -0.2) is 139 Å². The molecule has 2 amide bonds. The van der Waals surface area contributed by atoms with Crippen molar-refractivity contribution >= 4 is 49.6 Å². The van der Waals surface area contributed by atoms with Gasteiger partial charge in [0, 0.05) is 73.0 Å². The number of ether oxygens (including phenoxy) is 3. The van der Waals surface area contributed by atoms with Gasteiger partial charge in [-0.1, -0.05) is 182 Å². The zero-order valence-corrected chi connectivity index (χ0v) is 60.3. The first-order chi connectivity index (χ1) is 48.0. The van der Waals surface area contributed by atoms with E-state index in [1.807, 2.05) is 133 Å². The first-order valence-corrected chi connectivity index (χ1v) is 35.0. The van der Waals surface area contributed by atoms with Crippen molar-refractivity contribution in [1.82, 2.24) is 39.1 Å². The van der Waals surface area contributed by atoms with Crippen molar-refractivity contribution in [3.8, 4) is 23.3 Å². The number of aliphatic hydroxyl groups excluding tert-OH is 3. The molecule has 15 atom stereocenters. The molecule has 0 saturated heterocycles. The number of aliphatic carboxylic acids is 1. The number of aromatic nitrogens is 6. The molecule has 0 spiro atoms. The fraction of sp³-hybridized carbons (Fsp3) is 0.388. The van der Waals surface area contributed by atoms with Crippen molar-refractivity contribution in [2.45, 2.75) is 152 Å². The van der Waals surface area contributed by atoms with E-state index >= 15 is 0 Å². The molecule has 22 nitrogen and oxygen atoms in total. The third-order valence-corrected chi connectivity index (χ3v) is 22.2. The van der Waals surface area contributed by atoms with Crippen LogP contribution in [0.2, 0.25) is 0 Å². The Morgan fingerprint density at radius 3 is 0.962 bits per heavy atom. The summed E-state index contributed by atoms with van der Waals surface area (Å²) in [6.45, 7) is 11.7. The van der Waals surface area contributed by atoms with Gasteiger partial charge in [0.05, 0.1) is 48.0 Å². The highest BCUT2D eigenvalue weighted by molar-refractivity contribution is 9.10. The second kappa shape index (κ2) is 28.4. The minimum atomic E-state index is -2.07. The first-order valence-electron chi connectivity index (χ1n) is 33.4. The van der Waals surface area contributed by atoms with Crippen LogP contribution in [0.25, 0.3) is 0 Å². The molecule has 24 heteroatoms. The van der Waals surface area contributed by atoms with E-state index in [9.17, 15) is 55.4 Å². The van der Waals surface area contributed by atoms with Crippen LogP contribution in [0, 0.1) is 29.1 Å². The number of nitrogens with zero attached hydrogens (tertiary/aromatic N) is 9. The van der Waals surface area contributed by atoms with Crippen molar-refractivity contribution in [2.24, 2.45) is 17.8 Å². The maximum atomic E-state index is 13.5. The molecule has 104 heavy (non-hydrogen) atoms. The van der Waals surface area contributed by atoms with Gasteiger partial charge >= 0.3 is 5.97 Å². The van der Waals surface area contributed by atoms with Crippen molar-refractivity contribution in [1.29, 1.82) is 5.26 Å². The van der Waals surface area contributed by atoms with Gasteiger partial charge < -0.3 is 59.8 Å². The smallest absolute Gasteiger partial charge is 0.310 e. The summed E-state index contributed by atoms with van der Waals surface area (Å²) >= 11 is 6.91. The summed E-state index contributed by atoms with van der Waals surface area (Å²) in [5, 5.41) is 106. The molecule has 6 heterocycles. The van der Waals surface area contributed by atoms with Gasteiger partial charge in [0.15, 0.2) is 50.9 Å². The lowest BCUT2D eigenvalue weighted by Crippen LogP contribution is -2.52. The van der Waals surface area contributed by atoms with Gasteiger partial charge in [-0.3, -0.25) is 28.4 Å². The third kappa shape index (κ3) is 11.2. The van der Waals surface area contributed by atoms with Gasteiger partial charge in [-0.25, -0.2) is 0 Å². The van der Waals surface area contributed by atoms with E-state index < -0.39 is 93.4 Å². The lowest BCUT2D eigenvalue weighted by atomic mass is 9.71. The number of rotatable bonds is 12. The largest absolute Gasteiger partial charge is 0.481 e. The third-order valence-electron chi connectivity index (χ3n) is 21.2. The van der Waals surface area contributed by atoms with Crippen LogP contribution >= 0.6 is 31.9 Å². The van der Waals surface area contributed by atoms with Crippen molar-refractivity contribution in [2.75, 3.05) is 28.2 Å². The van der Waals surface area contributed by atoms with E-state index in [-0.39, 0.29) is 69.3 Å². The Balaban J connectivity index is 0.000000165. The molecular formula is C80H91Br2N9O13. The van der Waals surface area contributed by atoms with Crippen molar-refractivity contribution in [3.63, 3.8) is 0 Å². The number of aliphatic hydroxyl groups is 6. The summed E-state index contributed by atoms with van der Waals surface area (Å²) in [5.41, 5.74) is -5.59. The molecule has 3 aromatic heterocycles. The number of fused-ring (bicyclic) bond motifs is 9. The molecule has 0 bridgehead atoms. The summed E-state index contributed by atoms with van der Waals surface area (Å²) < 4.78 is 26.6. The molecule has 15 rings (SSSR count). The Labute approximate surface area is 623 Å². The van der Waals surface area contributed by atoms with Gasteiger partial charge in [0.2, 0.25) is 11.8 Å². The van der Waals surface area contributed by atoms with Crippen molar-refractivity contribution in [3.05, 3.63) is 247 Å². The maximum Gasteiger partial charge on any atom is 0.310 e. The molecule has 3 aliphatic carbocycles. The number of hydrogen-bond donors (Lipinski definition) is 7. The first kappa shape index (κ1) is 77.6. The summed E-state index contributed by atoms with van der Waals surface area (Å²) in [6, 6.07) is 51.4. The standard InChI is InChI=1S/C27H28N4O4.C26H28BrN3O4.C24H23BrN2O5.3CH4/c1-16(2)31-15-20-23(29-31)26(34)24(32)21(25(33)30(3)4)22(18-8-6-5-7-9-18)27(26,35-20)19-12-10-17(14-28)11-13-19;1-15(2)30-14-19-22(28-30)25(33)23(31)20(24(32)29(3)4)21(16-8-6-5-7-9-16)26(25,34-19)17-10-12-18(27)13-11-17;1-13(2)27-12-17-20(26-27)23(31)21(28)18(22(29)30)19(14-6-4-3-5-7-14)24(23,32-17)15-8-10-16(25)11-9-15;;;/h5-13,15-16,21-22,24,32,34H,1-4H3;5-15,20-21,23,31,33H,1-4H3;3-13,18-19,21,28,31H,1-2H3,(H,29,30);3*1H4/t21-,22-,24-,26+,27+;20-,21-,23-,25+,26+;18-,19-,21-,23+,24+;;;/m111.../s1. The molecule has 0 radical (unpaired) electrons. The van der Waals surface area contributed by atoms with E-state index in [0.29, 0.717) is 45.1 Å².